The highest BCUT2D eigenvalue weighted by molar-refractivity contribution is 5.94. The maximum absolute atomic E-state index is 12.8. The molecule has 0 saturated carbocycles. The summed E-state index contributed by atoms with van der Waals surface area (Å²) in [5.74, 6) is 0.378. The summed E-state index contributed by atoms with van der Waals surface area (Å²) in [5, 5.41) is 10.8. The molecule has 0 aromatic heterocycles. The van der Waals surface area contributed by atoms with Gasteiger partial charge in [-0.3, -0.25) is 9.69 Å². The third kappa shape index (κ3) is 5.16. The van der Waals surface area contributed by atoms with Crippen LogP contribution in [0.3, 0.4) is 0 Å². The number of anilines is 1. The van der Waals surface area contributed by atoms with Gasteiger partial charge in [-0.2, -0.15) is 0 Å². The highest BCUT2D eigenvalue weighted by Crippen LogP contribution is 2.36. The topological polar surface area (TPSA) is 47.0 Å². The smallest absolute Gasteiger partial charge is 0.253 e. The quantitative estimate of drug-likeness (QED) is 0.618. The zero-order valence-electron chi connectivity index (χ0n) is 19.9. The number of benzene rings is 2. The van der Waals surface area contributed by atoms with Crippen LogP contribution in [0, 0.1) is 0 Å². The number of aromatic hydroxyl groups is 1. The highest BCUT2D eigenvalue weighted by atomic mass is 16.3. The van der Waals surface area contributed by atoms with Crippen molar-refractivity contribution in [2.75, 3.05) is 37.6 Å². The summed E-state index contributed by atoms with van der Waals surface area (Å²) in [4.78, 5) is 19.4. The molecular weight excluding hydrogens is 398 g/mol. The Bertz CT molecular complexity index is 938. The Morgan fingerprint density at radius 2 is 1.84 bits per heavy atom. The van der Waals surface area contributed by atoms with Gasteiger partial charge < -0.3 is 14.9 Å². The van der Waals surface area contributed by atoms with Gasteiger partial charge in [-0.15, -0.1) is 6.58 Å². The van der Waals surface area contributed by atoms with Crippen molar-refractivity contribution in [3.8, 4) is 5.75 Å². The van der Waals surface area contributed by atoms with Crippen molar-refractivity contribution in [2.45, 2.75) is 46.2 Å². The van der Waals surface area contributed by atoms with Gasteiger partial charge in [-0.1, -0.05) is 30.3 Å². The average molecular weight is 436 g/mol. The maximum Gasteiger partial charge on any atom is 0.253 e. The van der Waals surface area contributed by atoms with Gasteiger partial charge in [0.2, 0.25) is 0 Å². The molecule has 0 unspecified atom stereocenters. The normalized spacial score (nSPS) is 19.1. The summed E-state index contributed by atoms with van der Waals surface area (Å²) in [6.07, 6.45) is 2.62. The fraction of sp³-hybridized carbons (Fsp3) is 0.444. The van der Waals surface area contributed by atoms with Crippen LogP contribution in [-0.2, 0) is 6.42 Å². The zero-order valence-corrected chi connectivity index (χ0v) is 19.9. The van der Waals surface area contributed by atoms with Crippen LogP contribution in [0.25, 0.3) is 0 Å². The van der Waals surface area contributed by atoms with Crippen molar-refractivity contribution in [1.29, 1.82) is 0 Å². The average Bonchev–Trinajstić information content (AvgIpc) is 2.78. The Balaban J connectivity index is 1.89. The molecule has 0 spiro atoms. The van der Waals surface area contributed by atoms with E-state index in [4.69, 9.17) is 0 Å². The summed E-state index contributed by atoms with van der Waals surface area (Å²) >= 11 is 0. The third-order valence-electron chi connectivity index (χ3n) is 6.48. The van der Waals surface area contributed by atoms with Crippen LogP contribution in [-0.4, -0.2) is 65.6 Å². The Labute approximate surface area is 193 Å². The lowest BCUT2D eigenvalue weighted by Crippen LogP contribution is -2.56. The number of phenols is 1. The Morgan fingerprint density at radius 1 is 1.12 bits per heavy atom. The van der Waals surface area contributed by atoms with Crippen molar-refractivity contribution in [3.63, 3.8) is 0 Å². The van der Waals surface area contributed by atoms with Gasteiger partial charge in [-0.05, 0) is 63.4 Å². The van der Waals surface area contributed by atoms with Crippen molar-refractivity contribution in [2.24, 2.45) is 0 Å². The molecule has 5 heteroatoms. The molecule has 2 aromatic carbocycles. The second kappa shape index (κ2) is 10.7. The summed E-state index contributed by atoms with van der Waals surface area (Å²) in [7, 11) is 0. The Kier molecular flexibility index (Phi) is 7.97. The molecule has 5 nitrogen and oxygen atoms in total. The van der Waals surface area contributed by atoms with Gasteiger partial charge in [0, 0.05) is 50.4 Å². The second-order valence-electron chi connectivity index (χ2n) is 8.73. The molecule has 1 aliphatic rings. The standard InChI is InChI=1S/C27H37N3O2/c1-6-15-29-18-21(5)30(19-20(29)4)26-23(12-10-14-25(26)31)16-22-11-9-13-24(17-22)27(32)28(7-2)8-3/h6,9-14,17,20-21,31H,1,7-8,15-16,18-19H2,2-5H3/t20-,21+/m1/s1. The molecule has 1 fully saturated rings. The van der Waals surface area contributed by atoms with Crippen LogP contribution < -0.4 is 4.90 Å². The Hall–Kier alpha value is -2.79. The first kappa shape index (κ1) is 23.9. The summed E-state index contributed by atoms with van der Waals surface area (Å²) in [5.41, 5.74) is 3.77. The summed E-state index contributed by atoms with van der Waals surface area (Å²) in [6.45, 7) is 16.4. The second-order valence-corrected chi connectivity index (χ2v) is 8.73. The fourth-order valence-electron chi connectivity index (χ4n) is 4.71. The number of rotatable bonds is 8. The van der Waals surface area contributed by atoms with Crippen LogP contribution in [0.1, 0.15) is 49.2 Å². The van der Waals surface area contributed by atoms with E-state index in [1.54, 1.807) is 6.07 Å². The van der Waals surface area contributed by atoms with Gasteiger partial charge in [0.25, 0.3) is 5.91 Å². The predicted octanol–water partition coefficient (Wildman–Crippen LogP) is 4.55. The molecule has 0 bridgehead atoms. The Morgan fingerprint density at radius 3 is 2.53 bits per heavy atom. The van der Waals surface area contributed by atoms with Crippen LogP contribution >= 0.6 is 0 Å². The van der Waals surface area contributed by atoms with Crippen LogP contribution in [0.2, 0.25) is 0 Å². The van der Waals surface area contributed by atoms with E-state index in [0.717, 1.165) is 36.4 Å². The molecule has 0 aliphatic carbocycles. The first-order chi connectivity index (χ1) is 15.4. The molecule has 2 aromatic rings. The van der Waals surface area contributed by atoms with E-state index in [-0.39, 0.29) is 11.9 Å². The molecule has 0 radical (unpaired) electrons. The van der Waals surface area contributed by atoms with E-state index >= 15 is 0 Å². The lowest BCUT2D eigenvalue weighted by atomic mass is 9.98. The van der Waals surface area contributed by atoms with E-state index < -0.39 is 0 Å². The molecule has 172 valence electrons. The van der Waals surface area contributed by atoms with Crippen LogP contribution in [0.5, 0.6) is 5.75 Å². The van der Waals surface area contributed by atoms with Gasteiger partial charge in [0.15, 0.2) is 0 Å². The minimum atomic E-state index is 0.0637. The van der Waals surface area contributed by atoms with Gasteiger partial charge in [0.1, 0.15) is 5.75 Å². The van der Waals surface area contributed by atoms with E-state index in [2.05, 4.69) is 42.4 Å². The molecule has 1 amide bonds. The molecule has 2 atom stereocenters. The van der Waals surface area contributed by atoms with E-state index in [1.165, 1.54) is 0 Å². The highest BCUT2D eigenvalue weighted by Gasteiger charge is 2.31. The van der Waals surface area contributed by atoms with Crippen molar-refractivity contribution < 1.29 is 9.90 Å². The molecule has 1 N–H and O–H groups in total. The van der Waals surface area contributed by atoms with Gasteiger partial charge in [-0.25, -0.2) is 0 Å². The van der Waals surface area contributed by atoms with Crippen molar-refractivity contribution in [1.82, 2.24) is 9.80 Å². The SMILES string of the molecule is C=CCN1C[C@H](C)N(c2c(O)cccc2Cc2cccc(C(=O)N(CC)CC)c2)C[C@H]1C. The summed E-state index contributed by atoms with van der Waals surface area (Å²) in [6, 6.07) is 14.3. The van der Waals surface area contributed by atoms with E-state index in [1.807, 2.05) is 49.1 Å². The predicted molar refractivity (Wildman–Crippen MR) is 133 cm³/mol. The fourth-order valence-corrected chi connectivity index (χ4v) is 4.71. The number of carbonyl (C=O) groups is 1. The van der Waals surface area contributed by atoms with Gasteiger partial charge >= 0.3 is 0 Å². The molecule has 32 heavy (non-hydrogen) atoms. The molecular formula is C27H37N3O2. The third-order valence-corrected chi connectivity index (χ3v) is 6.48. The maximum atomic E-state index is 12.8. The largest absolute Gasteiger partial charge is 0.506 e. The molecule has 1 saturated heterocycles. The molecule has 1 aliphatic heterocycles. The van der Waals surface area contributed by atoms with E-state index in [0.29, 0.717) is 36.9 Å². The van der Waals surface area contributed by atoms with Crippen LogP contribution in [0.4, 0.5) is 5.69 Å². The van der Waals surface area contributed by atoms with Crippen LogP contribution in [0.15, 0.2) is 55.1 Å². The number of amides is 1. The first-order valence-corrected chi connectivity index (χ1v) is 11.7. The number of nitrogens with zero attached hydrogens (tertiary/aromatic N) is 3. The number of hydrogen-bond donors (Lipinski definition) is 1. The number of phenolic OH excluding ortho intramolecular Hbond substituents is 1. The number of piperazine rings is 1. The molecule has 1 heterocycles. The minimum Gasteiger partial charge on any atom is -0.506 e. The first-order valence-electron chi connectivity index (χ1n) is 11.7. The minimum absolute atomic E-state index is 0.0637. The number of hydrogen-bond acceptors (Lipinski definition) is 4. The number of para-hydroxylation sites is 1. The summed E-state index contributed by atoms with van der Waals surface area (Å²) < 4.78 is 0. The van der Waals surface area contributed by atoms with Crippen molar-refractivity contribution >= 4 is 11.6 Å². The van der Waals surface area contributed by atoms with Crippen molar-refractivity contribution in [3.05, 3.63) is 71.8 Å². The lowest BCUT2D eigenvalue weighted by molar-refractivity contribution is 0.0773. The van der Waals surface area contributed by atoms with E-state index in [9.17, 15) is 9.90 Å². The lowest BCUT2D eigenvalue weighted by Gasteiger charge is -2.45. The zero-order chi connectivity index (χ0) is 23.3. The molecule has 3 rings (SSSR count). The van der Waals surface area contributed by atoms with Gasteiger partial charge in [0.05, 0.1) is 5.69 Å². The number of carbonyl (C=O) groups excluding carboxylic acids is 1. The monoisotopic (exact) mass is 435 g/mol.